The Balaban J connectivity index is 2.33. The third-order valence-electron chi connectivity index (χ3n) is 3.11. The van der Waals surface area contributed by atoms with Crippen molar-refractivity contribution in [2.75, 3.05) is 0 Å². The fourth-order valence-corrected chi connectivity index (χ4v) is 1.55. The van der Waals surface area contributed by atoms with E-state index in [0.717, 1.165) is 30.5 Å². The molecule has 0 fully saturated rings. The van der Waals surface area contributed by atoms with Crippen LogP contribution in [0.4, 0.5) is 0 Å². The first kappa shape index (κ1) is 13.2. The predicted octanol–water partition coefficient (Wildman–Crippen LogP) is 3.30. The number of aromatic nitrogens is 3. The molecule has 0 saturated carbocycles. The topological polar surface area (TPSA) is 30.7 Å². The van der Waals surface area contributed by atoms with Crippen LogP contribution in [0.5, 0.6) is 0 Å². The van der Waals surface area contributed by atoms with Crippen molar-refractivity contribution in [3.63, 3.8) is 0 Å². The summed E-state index contributed by atoms with van der Waals surface area (Å²) in [6.45, 7) is 10.0. The Morgan fingerprint density at radius 2 is 2.00 bits per heavy atom. The van der Waals surface area contributed by atoms with Crippen LogP contribution in [0.3, 0.4) is 0 Å². The van der Waals surface area contributed by atoms with Crippen LogP contribution in [-0.2, 0) is 13.0 Å². The lowest BCUT2D eigenvalue weighted by atomic mass is 10.0. The molecule has 0 aliphatic carbocycles. The molecule has 0 aromatic carbocycles. The Hall–Kier alpha value is -0.860. The summed E-state index contributed by atoms with van der Waals surface area (Å²) in [5.41, 5.74) is 1.14. The van der Waals surface area contributed by atoms with E-state index in [9.17, 15) is 0 Å². The molecule has 1 rings (SSSR count). The van der Waals surface area contributed by atoms with Gasteiger partial charge in [-0.25, -0.2) is 0 Å². The van der Waals surface area contributed by atoms with Crippen molar-refractivity contribution in [1.29, 1.82) is 0 Å². The molecule has 0 amide bonds. The van der Waals surface area contributed by atoms with Gasteiger partial charge >= 0.3 is 0 Å². The average Bonchev–Trinajstić information content (AvgIpc) is 2.71. The Bertz CT molecular complexity index is 291. The first-order chi connectivity index (χ1) is 7.61. The van der Waals surface area contributed by atoms with Crippen LogP contribution in [0.1, 0.15) is 52.7 Å². The van der Waals surface area contributed by atoms with E-state index in [-0.39, 0.29) is 0 Å². The van der Waals surface area contributed by atoms with Crippen LogP contribution >= 0.6 is 0 Å². The molecule has 1 aromatic heterocycles. The second-order valence-corrected chi connectivity index (χ2v) is 5.21. The summed E-state index contributed by atoms with van der Waals surface area (Å²) in [5.74, 6) is 1.52. The number of nitrogens with zero attached hydrogens (tertiary/aromatic N) is 3. The standard InChI is InChI=1S/C13H25N3/c1-5-12(4)6-7-13-10-16(15-14-13)9-8-11(2)3/h10-12H,5-9H2,1-4H3. The van der Waals surface area contributed by atoms with Gasteiger partial charge in [-0.05, 0) is 31.1 Å². The second kappa shape index (κ2) is 6.66. The highest BCUT2D eigenvalue weighted by Crippen LogP contribution is 2.10. The molecule has 0 aliphatic heterocycles. The molecule has 0 spiro atoms. The summed E-state index contributed by atoms with van der Waals surface area (Å²) in [7, 11) is 0. The average molecular weight is 223 g/mol. The van der Waals surface area contributed by atoms with Crippen LogP contribution in [-0.4, -0.2) is 15.0 Å². The molecule has 92 valence electrons. The van der Waals surface area contributed by atoms with Crippen LogP contribution in [0.25, 0.3) is 0 Å². The van der Waals surface area contributed by atoms with E-state index in [2.05, 4.69) is 44.2 Å². The van der Waals surface area contributed by atoms with Crippen molar-refractivity contribution in [3.05, 3.63) is 11.9 Å². The molecular formula is C13H25N3. The van der Waals surface area contributed by atoms with Gasteiger partial charge in [0.05, 0.1) is 5.69 Å². The molecule has 1 atom stereocenters. The maximum Gasteiger partial charge on any atom is 0.0827 e. The Morgan fingerprint density at radius 1 is 1.25 bits per heavy atom. The van der Waals surface area contributed by atoms with E-state index in [1.54, 1.807) is 0 Å². The predicted molar refractivity (Wildman–Crippen MR) is 67.3 cm³/mol. The van der Waals surface area contributed by atoms with Gasteiger partial charge in [-0.15, -0.1) is 5.10 Å². The van der Waals surface area contributed by atoms with E-state index in [4.69, 9.17) is 0 Å². The van der Waals surface area contributed by atoms with E-state index < -0.39 is 0 Å². The summed E-state index contributed by atoms with van der Waals surface area (Å²) in [4.78, 5) is 0. The fourth-order valence-electron chi connectivity index (χ4n) is 1.55. The number of hydrogen-bond acceptors (Lipinski definition) is 2. The highest BCUT2D eigenvalue weighted by atomic mass is 15.4. The highest BCUT2D eigenvalue weighted by Gasteiger charge is 2.04. The van der Waals surface area contributed by atoms with Crippen LogP contribution in [0.15, 0.2) is 6.20 Å². The monoisotopic (exact) mass is 223 g/mol. The van der Waals surface area contributed by atoms with Crippen molar-refractivity contribution in [2.24, 2.45) is 11.8 Å². The van der Waals surface area contributed by atoms with Crippen molar-refractivity contribution < 1.29 is 0 Å². The van der Waals surface area contributed by atoms with Gasteiger partial charge in [-0.1, -0.05) is 39.3 Å². The molecule has 1 aromatic rings. The molecule has 0 radical (unpaired) electrons. The Labute approximate surface area is 99.2 Å². The molecule has 16 heavy (non-hydrogen) atoms. The minimum Gasteiger partial charge on any atom is -0.252 e. The summed E-state index contributed by atoms with van der Waals surface area (Å²) in [6.07, 6.45) is 6.82. The van der Waals surface area contributed by atoms with Gasteiger partial charge in [0.2, 0.25) is 0 Å². The summed E-state index contributed by atoms with van der Waals surface area (Å²) in [5, 5.41) is 8.37. The van der Waals surface area contributed by atoms with E-state index in [1.807, 2.05) is 4.68 Å². The van der Waals surface area contributed by atoms with Crippen molar-refractivity contribution in [1.82, 2.24) is 15.0 Å². The summed E-state index contributed by atoms with van der Waals surface area (Å²) in [6, 6.07) is 0. The zero-order valence-corrected chi connectivity index (χ0v) is 11.1. The molecule has 0 N–H and O–H groups in total. The lowest BCUT2D eigenvalue weighted by molar-refractivity contribution is 0.478. The fraction of sp³-hybridized carbons (Fsp3) is 0.846. The third-order valence-corrected chi connectivity index (χ3v) is 3.11. The van der Waals surface area contributed by atoms with E-state index >= 15 is 0 Å². The van der Waals surface area contributed by atoms with Crippen LogP contribution < -0.4 is 0 Å². The molecule has 0 bridgehead atoms. The van der Waals surface area contributed by atoms with Crippen molar-refractivity contribution in [2.45, 2.75) is 59.9 Å². The normalized spacial score (nSPS) is 13.3. The highest BCUT2D eigenvalue weighted by molar-refractivity contribution is 4.92. The lowest BCUT2D eigenvalue weighted by Gasteiger charge is -2.05. The van der Waals surface area contributed by atoms with Gasteiger partial charge < -0.3 is 0 Å². The van der Waals surface area contributed by atoms with Crippen LogP contribution in [0.2, 0.25) is 0 Å². The van der Waals surface area contributed by atoms with Gasteiger partial charge in [-0.2, -0.15) is 0 Å². The van der Waals surface area contributed by atoms with Gasteiger partial charge in [0.15, 0.2) is 0 Å². The number of rotatable bonds is 7. The summed E-state index contributed by atoms with van der Waals surface area (Å²) >= 11 is 0. The zero-order chi connectivity index (χ0) is 12.0. The molecule has 3 heteroatoms. The second-order valence-electron chi connectivity index (χ2n) is 5.21. The van der Waals surface area contributed by atoms with Gasteiger partial charge in [-0.3, -0.25) is 4.68 Å². The Morgan fingerprint density at radius 3 is 2.62 bits per heavy atom. The molecular weight excluding hydrogens is 198 g/mol. The third kappa shape index (κ3) is 4.77. The van der Waals surface area contributed by atoms with Gasteiger partial charge in [0.25, 0.3) is 0 Å². The lowest BCUT2D eigenvalue weighted by Crippen LogP contribution is -2.01. The van der Waals surface area contributed by atoms with Crippen molar-refractivity contribution >= 4 is 0 Å². The summed E-state index contributed by atoms with van der Waals surface area (Å²) < 4.78 is 1.98. The molecule has 0 aliphatic rings. The maximum atomic E-state index is 4.21. The SMILES string of the molecule is CCC(C)CCc1cn(CCC(C)C)nn1. The molecule has 0 saturated heterocycles. The van der Waals surface area contributed by atoms with Gasteiger partial charge in [0, 0.05) is 12.7 Å². The molecule has 1 unspecified atom stereocenters. The quantitative estimate of drug-likeness (QED) is 0.710. The number of hydrogen-bond donors (Lipinski definition) is 0. The smallest absolute Gasteiger partial charge is 0.0827 e. The minimum atomic E-state index is 0.729. The largest absolute Gasteiger partial charge is 0.252 e. The Kier molecular flexibility index (Phi) is 5.50. The number of aryl methyl sites for hydroxylation is 2. The first-order valence-corrected chi connectivity index (χ1v) is 6.50. The van der Waals surface area contributed by atoms with E-state index in [0.29, 0.717) is 0 Å². The van der Waals surface area contributed by atoms with Gasteiger partial charge in [0.1, 0.15) is 0 Å². The molecule has 1 heterocycles. The minimum absolute atomic E-state index is 0.729. The van der Waals surface area contributed by atoms with Crippen molar-refractivity contribution in [3.8, 4) is 0 Å². The maximum absolute atomic E-state index is 4.21. The molecule has 3 nitrogen and oxygen atoms in total. The zero-order valence-electron chi connectivity index (χ0n) is 11.1. The van der Waals surface area contributed by atoms with E-state index in [1.165, 1.54) is 19.3 Å². The van der Waals surface area contributed by atoms with Crippen LogP contribution in [0, 0.1) is 11.8 Å². The first-order valence-electron chi connectivity index (χ1n) is 6.50.